The molecule has 1 unspecified atom stereocenters. The Hall–Kier alpha value is -2.32. The molecule has 0 aliphatic carbocycles. The summed E-state index contributed by atoms with van der Waals surface area (Å²) in [6, 6.07) is 8.44. The van der Waals surface area contributed by atoms with Crippen LogP contribution in [0.1, 0.15) is 42.7 Å². The van der Waals surface area contributed by atoms with Gasteiger partial charge in [-0.25, -0.2) is 17.2 Å². The largest absolute Gasteiger partial charge is 0.346 e. The third kappa shape index (κ3) is 4.70. The molecule has 0 saturated carbocycles. The predicted octanol–water partition coefficient (Wildman–Crippen LogP) is 3.49. The first-order chi connectivity index (χ1) is 12.7. The van der Waals surface area contributed by atoms with Crippen LogP contribution in [0, 0.1) is 11.6 Å². The van der Waals surface area contributed by atoms with Gasteiger partial charge in [-0.1, -0.05) is 26.0 Å². The minimum atomic E-state index is -4.04. The SMILES string of the molecule is CCN(CC)S(=O)(=O)c1cc(C(=O)NC(C)c2ccc(F)cc2)ccc1F. The molecule has 2 rings (SSSR count). The molecular formula is C19H22F2N2O3S. The Morgan fingerprint density at radius 2 is 1.67 bits per heavy atom. The Labute approximate surface area is 158 Å². The second-order valence-electron chi connectivity index (χ2n) is 5.98. The molecule has 0 radical (unpaired) electrons. The van der Waals surface area contributed by atoms with Gasteiger partial charge in [0.2, 0.25) is 10.0 Å². The lowest BCUT2D eigenvalue weighted by atomic mass is 10.1. The van der Waals surface area contributed by atoms with E-state index in [4.69, 9.17) is 0 Å². The number of sulfonamides is 1. The van der Waals surface area contributed by atoms with Gasteiger partial charge < -0.3 is 5.32 Å². The Bertz CT molecular complexity index is 911. The van der Waals surface area contributed by atoms with Crippen LogP contribution < -0.4 is 5.32 Å². The van der Waals surface area contributed by atoms with Gasteiger partial charge in [0.05, 0.1) is 6.04 Å². The molecule has 0 aliphatic heterocycles. The molecule has 5 nitrogen and oxygen atoms in total. The van der Waals surface area contributed by atoms with E-state index >= 15 is 0 Å². The summed E-state index contributed by atoms with van der Waals surface area (Å²) in [5.41, 5.74) is 0.707. The normalized spacial score (nSPS) is 12.8. The number of carbonyl (C=O) groups is 1. The van der Waals surface area contributed by atoms with Crippen molar-refractivity contribution in [1.29, 1.82) is 0 Å². The molecule has 8 heteroatoms. The molecule has 1 atom stereocenters. The molecule has 2 aromatic carbocycles. The molecular weight excluding hydrogens is 374 g/mol. The highest BCUT2D eigenvalue weighted by Crippen LogP contribution is 2.21. The number of carbonyl (C=O) groups excluding carboxylic acids is 1. The summed E-state index contributed by atoms with van der Waals surface area (Å²) < 4.78 is 53.5. The van der Waals surface area contributed by atoms with E-state index in [-0.39, 0.29) is 24.5 Å². The van der Waals surface area contributed by atoms with E-state index in [1.54, 1.807) is 32.9 Å². The lowest BCUT2D eigenvalue weighted by Gasteiger charge is -2.19. The maximum Gasteiger partial charge on any atom is 0.251 e. The molecule has 0 aromatic heterocycles. The molecule has 0 heterocycles. The van der Waals surface area contributed by atoms with E-state index in [9.17, 15) is 22.0 Å². The van der Waals surface area contributed by atoms with Gasteiger partial charge in [0.15, 0.2) is 0 Å². The predicted molar refractivity (Wildman–Crippen MR) is 98.8 cm³/mol. The van der Waals surface area contributed by atoms with Crippen molar-refractivity contribution < 1.29 is 22.0 Å². The molecule has 27 heavy (non-hydrogen) atoms. The van der Waals surface area contributed by atoms with Gasteiger partial charge in [-0.05, 0) is 42.8 Å². The van der Waals surface area contributed by atoms with E-state index in [0.717, 1.165) is 16.4 Å². The summed E-state index contributed by atoms with van der Waals surface area (Å²) in [5.74, 6) is -1.85. The zero-order valence-corrected chi connectivity index (χ0v) is 16.2. The van der Waals surface area contributed by atoms with Gasteiger partial charge in [-0.3, -0.25) is 4.79 Å². The van der Waals surface area contributed by atoms with Crippen molar-refractivity contribution in [3.63, 3.8) is 0 Å². The highest BCUT2D eigenvalue weighted by Gasteiger charge is 2.26. The van der Waals surface area contributed by atoms with Gasteiger partial charge in [-0.2, -0.15) is 4.31 Å². The van der Waals surface area contributed by atoms with Gasteiger partial charge in [0.1, 0.15) is 16.5 Å². The lowest BCUT2D eigenvalue weighted by molar-refractivity contribution is 0.0939. The van der Waals surface area contributed by atoms with Crippen molar-refractivity contribution >= 4 is 15.9 Å². The topological polar surface area (TPSA) is 66.5 Å². The molecule has 1 amide bonds. The molecule has 0 saturated heterocycles. The van der Waals surface area contributed by atoms with Crippen LogP contribution in [0.25, 0.3) is 0 Å². The number of hydrogen-bond donors (Lipinski definition) is 1. The van der Waals surface area contributed by atoms with E-state index in [1.807, 2.05) is 0 Å². The zero-order valence-electron chi connectivity index (χ0n) is 15.4. The fourth-order valence-electron chi connectivity index (χ4n) is 2.66. The first-order valence-electron chi connectivity index (χ1n) is 8.56. The molecule has 0 fully saturated rings. The van der Waals surface area contributed by atoms with Crippen molar-refractivity contribution in [3.8, 4) is 0 Å². The van der Waals surface area contributed by atoms with Gasteiger partial charge in [-0.15, -0.1) is 0 Å². The van der Waals surface area contributed by atoms with E-state index in [1.165, 1.54) is 18.2 Å². The van der Waals surface area contributed by atoms with Crippen molar-refractivity contribution in [2.75, 3.05) is 13.1 Å². The Balaban J connectivity index is 2.29. The smallest absolute Gasteiger partial charge is 0.251 e. The fourth-order valence-corrected chi connectivity index (χ4v) is 4.21. The monoisotopic (exact) mass is 396 g/mol. The van der Waals surface area contributed by atoms with Gasteiger partial charge >= 0.3 is 0 Å². The van der Waals surface area contributed by atoms with Crippen molar-refractivity contribution in [3.05, 3.63) is 65.2 Å². The van der Waals surface area contributed by atoms with E-state index in [0.29, 0.717) is 5.56 Å². The fraction of sp³-hybridized carbons (Fsp3) is 0.316. The third-order valence-electron chi connectivity index (χ3n) is 4.23. The van der Waals surface area contributed by atoms with Crippen LogP contribution in [-0.4, -0.2) is 31.7 Å². The second kappa shape index (κ2) is 8.58. The zero-order chi connectivity index (χ0) is 20.2. The summed E-state index contributed by atoms with van der Waals surface area (Å²) >= 11 is 0. The Morgan fingerprint density at radius 3 is 2.22 bits per heavy atom. The van der Waals surface area contributed by atoms with Crippen molar-refractivity contribution in [2.24, 2.45) is 0 Å². The van der Waals surface area contributed by atoms with E-state index in [2.05, 4.69) is 5.32 Å². The summed E-state index contributed by atoms with van der Waals surface area (Å²) in [4.78, 5) is 11.9. The molecule has 0 bridgehead atoms. The number of hydrogen-bond acceptors (Lipinski definition) is 3. The number of nitrogens with one attached hydrogen (secondary N) is 1. The number of rotatable bonds is 7. The molecule has 0 aliphatic rings. The van der Waals surface area contributed by atoms with Crippen LogP contribution >= 0.6 is 0 Å². The molecule has 0 spiro atoms. The van der Waals surface area contributed by atoms with Gasteiger partial charge in [0.25, 0.3) is 5.91 Å². The summed E-state index contributed by atoms with van der Waals surface area (Å²) in [7, 11) is -4.04. The molecule has 1 N–H and O–H groups in total. The third-order valence-corrected chi connectivity index (χ3v) is 6.30. The van der Waals surface area contributed by atoms with Crippen LogP contribution in [-0.2, 0) is 10.0 Å². The van der Waals surface area contributed by atoms with Crippen molar-refractivity contribution in [1.82, 2.24) is 9.62 Å². The maximum absolute atomic E-state index is 14.2. The average Bonchev–Trinajstić information content (AvgIpc) is 2.63. The van der Waals surface area contributed by atoms with Gasteiger partial charge in [0, 0.05) is 18.7 Å². The summed E-state index contributed by atoms with van der Waals surface area (Å²) in [6.45, 7) is 5.40. The van der Waals surface area contributed by atoms with E-state index < -0.39 is 32.7 Å². The lowest BCUT2D eigenvalue weighted by Crippen LogP contribution is -2.32. The maximum atomic E-state index is 14.2. The summed E-state index contributed by atoms with van der Waals surface area (Å²) in [5, 5.41) is 2.69. The molecule has 146 valence electrons. The number of amides is 1. The van der Waals surface area contributed by atoms with Crippen LogP contribution in [0.15, 0.2) is 47.4 Å². The molecule has 2 aromatic rings. The number of nitrogens with zero attached hydrogens (tertiary/aromatic N) is 1. The minimum absolute atomic E-state index is 0.0242. The number of benzene rings is 2. The first kappa shape index (κ1) is 21.0. The van der Waals surface area contributed by atoms with Crippen LogP contribution in [0.5, 0.6) is 0 Å². The quantitative estimate of drug-likeness (QED) is 0.779. The Morgan fingerprint density at radius 1 is 1.07 bits per heavy atom. The van der Waals surface area contributed by atoms with Crippen LogP contribution in [0.4, 0.5) is 8.78 Å². The van der Waals surface area contributed by atoms with Crippen molar-refractivity contribution in [2.45, 2.75) is 31.7 Å². The second-order valence-corrected chi connectivity index (χ2v) is 7.89. The van der Waals surface area contributed by atoms with Crippen LogP contribution in [0.2, 0.25) is 0 Å². The Kier molecular flexibility index (Phi) is 6.67. The minimum Gasteiger partial charge on any atom is -0.346 e. The highest BCUT2D eigenvalue weighted by atomic mass is 32.2. The first-order valence-corrected chi connectivity index (χ1v) is 10.0. The average molecular weight is 396 g/mol. The number of halogens is 2. The summed E-state index contributed by atoms with van der Waals surface area (Å²) in [6.07, 6.45) is 0. The van der Waals surface area contributed by atoms with Crippen LogP contribution in [0.3, 0.4) is 0 Å². The highest BCUT2D eigenvalue weighted by molar-refractivity contribution is 7.89. The standard InChI is InChI=1S/C19H22F2N2O3S/c1-4-23(5-2)27(25,26)18-12-15(8-11-17(18)21)19(24)22-13(3)14-6-9-16(20)10-7-14/h6-13H,4-5H2,1-3H3,(H,22,24).